The molecule has 3 rings (SSSR count). The number of carbonyl (C=O) groups is 4. The Hall–Kier alpha value is -1.74. The van der Waals surface area contributed by atoms with Gasteiger partial charge < -0.3 is 10.1 Å². The molecule has 1 aromatic carbocycles. The number of aryl methyl sites for hydroxylation is 2. The number of benzene rings is 1. The highest BCUT2D eigenvalue weighted by Crippen LogP contribution is 2.43. The molecule has 1 heterocycles. The first-order valence-corrected chi connectivity index (χ1v) is 11.2. The van der Waals surface area contributed by atoms with E-state index in [0.29, 0.717) is 18.5 Å². The van der Waals surface area contributed by atoms with Gasteiger partial charge in [-0.05, 0) is 37.8 Å². The smallest absolute Gasteiger partial charge is 0.326 e. The van der Waals surface area contributed by atoms with Crippen LogP contribution >= 0.6 is 31.9 Å². The van der Waals surface area contributed by atoms with Crippen LogP contribution in [-0.2, 0) is 23.9 Å². The Kier molecular flexibility index (Phi) is 6.78. The van der Waals surface area contributed by atoms with E-state index in [-0.39, 0.29) is 21.5 Å². The average Bonchev–Trinajstić information content (AvgIpc) is 2.88. The van der Waals surface area contributed by atoms with E-state index in [9.17, 15) is 19.2 Å². The third kappa shape index (κ3) is 4.71. The van der Waals surface area contributed by atoms with Gasteiger partial charge in [-0.1, -0.05) is 50.1 Å². The minimum absolute atomic E-state index is 0.0981. The van der Waals surface area contributed by atoms with Crippen LogP contribution in [0.4, 0.5) is 5.69 Å². The number of carbonyl (C=O) groups excluding carboxylic acids is 4. The summed E-state index contributed by atoms with van der Waals surface area (Å²) >= 11 is 7.04. The number of imide groups is 1. The molecule has 29 heavy (non-hydrogen) atoms. The van der Waals surface area contributed by atoms with Gasteiger partial charge in [-0.25, -0.2) is 0 Å². The molecule has 0 unspecified atom stereocenters. The summed E-state index contributed by atoms with van der Waals surface area (Å²) in [6, 6.07) is 5.62. The van der Waals surface area contributed by atoms with Gasteiger partial charge in [0, 0.05) is 15.3 Å². The number of hydrogen-bond acceptors (Lipinski definition) is 5. The molecule has 9 heteroatoms. The van der Waals surface area contributed by atoms with Crippen molar-refractivity contribution in [3.63, 3.8) is 0 Å². The Balaban J connectivity index is 1.54. The Bertz CT molecular complexity index is 811. The SMILES string of the molecule is Cc1cccc(C)c1NC(=O)COC(=O)CN1C(=O)[C@H]2C[C@H](Br)[C@@H](Br)C[C@H]2C1=O. The first-order valence-electron chi connectivity index (χ1n) is 9.34. The van der Waals surface area contributed by atoms with E-state index in [2.05, 4.69) is 37.2 Å². The Morgan fingerprint density at radius 2 is 1.59 bits per heavy atom. The van der Waals surface area contributed by atoms with Crippen molar-refractivity contribution in [1.82, 2.24) is 4.90 Å². The fraction of sp³-hybridized carbons (Fsp3) is 0.500. The summed E-state index contributed by atoms with van der Waals surface area (Å²) in [5.41, 5.74) is 2.47. The highest BCUT2D eigenvalue weighted by atomic mass is 79.9. The Morgan fingerprint density at radius 3 is 2.10 bits per heavy atom. The quantitative estimate of drug-likeness (QED) is 0.359. The molecule has 1 saturated heterocycles. The number of halogens is 2. The van der Waals surface area contributed by atoms with Crippen molar-refractivity contribution in [2.75, 3.05) is 18.5 Å². The second-order valence-corrected chi connectivity index (χ2v) is 9.81. The van der Waals surface area contributed by atoms with E-state index in [0.717, 1.165) is 16.0 Å². The lowest BCUT2D eigenvalue weighted by molar-refractivity contribution is -0.154. The lowest BCUT2D eigenvalue weighted by Crippen LogP contribution is -2.37. The van der Waals surface area contributed by atoms with Gasteiger partial charge in [0.25, 0.3) is 5.91 Å². The Morgan fingerprint density at radius 1 is 1.07 bits per heavy atom. The zero-order chi connectivity index (χ0) is 21.3. The molecule has 1 N–H and O–H groups in total. The number of alkyl halides is 2. The molecular formula is C20H22Br2N2O5. The van der Waals surface area contributed by atoms with Crippen molar-refractivity contribution in [1.29, 1.82) is 0 Å². The summed E-state index contributed by atoms with van der Waals surface area (Å²) in [5.74, 6) is -2.79. The molecule has 4 atom stereocenters. The maximum atomic E-state index is 12.6. The molecule has 3 amide bonds. The number of anilines is 1. The monoisotopic (exact) mass is 528 g/mol. The first-order chi connectivity index (χ1) is 13.7. The number of nitrogens with one attached hydrogen (secondary N) is 1. The summed E-state index contributed by atoms with van der Waals surface area (Å²) in [5, 5.41) is 2.72. The lowest BCUT2D eigenvalue weighted by Gasteiger charge is -2.29. The zero-order valence-corrected chi connectivity index (χ0v) is 19.3. The van der Waals surface area contributed by atoms with Crippen LogP contribution in [0, 0.1) is 25.7 Å². The summed E-state index contributed by atoms with van der Waals surface area (Å²) in [6.07, 6.45) is 1.07. The van der Waals surface area contributed by atoms with E-state index in [1.165, 1.54) is 0 Å². The standard InChI is InChI=1S/C20H22Br2N2O5/c1-10-4-3-5-11(2)18(10)23-16(25)9-29-17(26)8-24-19(27)12-6-14(21)15(22)7-13(12)20(24)28/h3-5,12-15H,6-9H2,1-2H3,(H,23,25)/t12-,13+,14-,15-/m0/s1. The molecule has 2 aliphatic rings. The van der Waals surface area contributed by atoms with Crippen molar-refractivity contribution in [3.05, 3.63) is 29.3 Å². The molecule has 1 aliphatic heterocycles. The summed E-state index contributed by atoms with van der Waals surface area (Å²) < 4.78 is 4.99. The highest BCUT2D eigenvalue weighted by molar-refractivity contribution is 9.12. The number of likely N-dealkylation sites (tertiary alicyclic amines) is 1. The predicted molar refractivity (Wildman–Crippen MR) is 114 cm³/mol. The van der Waals surface area contributed by atoms with Crippen LogP contribution in [-0.4, -0.2) is 51.4 Å². The normalized spacial score (nSPS) is 26.3. The summed E-state index contributed by atoms with van der Waals surface area (Å²) in [4.78, 5) is 50.6. The molecule has 1 aliphatic carbocycles. The topological polar surface area (TPSA) is 92.8 Å². The number of amides is 3. The fourth-order valence-electron chi connectivity index (χ4n) is 3.83. The first kappa shape index (κ1) is 22.0. The van der Waals surface area contributed by atoms with E-state index in [1.54, 1.807) is 0 Å². The molecular weight excluding hydrogens is 508 g/mol. The second kappa shape index (κ2) is 8.95. The van der Waals surface area contributed by atoms with Crippen molar-refractivity contribution in [3.8, 4) is 0 Å². The van der Waals surface area contributed by atoms with Gasteiger partial charge in [0.05, 0.1) is 11.8 Å². The van der Waals surface area contributed by atoms with Gasteiger partial charge in [0.15, 0.2) is 6.61 Å². The van der Waals surface area contributed by atoms with Crippen LogP contribution in [0.5, 0.6) is 0 Å². The van der Waals surface area contributed by atoms with Crippen LogP contribution in [0.15, 0.2) is 18.2 Å². The Labute approximate surface area is 185 Å². The van der Waals surface area contributed by atoms with Crippen molar-refractivity contribution in [2.24, 2.45) is 11.8 Å². The minimum Gasteiger partial charge on any atom is -0.454 e. The molecule has 0 aromatic heterocycles. The number of hydrogen-bond donors (Lipinski definition) is 1. The number of ether oxygens (including phenoxy) is 1. The molecule has 0 bridgehead atoms. The maximum Gasteiger partial charge on any atom is 0.326 e. The zero-order valence-electron chi connectivity index (χ0n) is 16.1. The predicted octanol–water partition coefficient (Wildman–Crippen LogP) is 2.71. The van der Waals surface area contributed by atoms with Crippen molar-refractivity contribution in [2.45, 2.75) is 36.3 Å². The third-order valence-corrected chi connectivity index (χ3v) is 8.13. The van der Waals surface area contributed by atoms with Crippen LogP contribution < -0.4 is 5.32 Å². The van der Waals surface area contributed by atoms with E-state index in [4.69, 9.17) is 4.74 Å². The minimum atomic E-state index is -0.784. The largest absolute Gasteiger partial charge is 0.454 e. The van der Waals surface area contributed by atoms with E-state index in [1.807, 2.05) is 32.0 Å². The average molecular weight is 530 g/mol. The molecule has 156 valence electrons. The van der Waals surface area contributed by atoms with Gasteiger partial charge >= 0.3 is 5.97 Å². The molecule has 1 aromatic rings. The summed E-state index contributed by atoms with van der Waals surface area (Å²) in [6.45, 7) is 2.78. The van der Waals surface area contributed by atoms with Crippen molar-refractivity contribution >= 4 is 61.2 Å². The van der Waals surface area contributed by atoms with E-state index >= 15 is 0 Å². The van der Waals surface area contributed by atoms with Crippen LogP contribution in [0.1, 0.15) is 24.0 Å². The molecule has 7 nitrogen and oxygen atoms in total. The number of fused-ring (bicyclic) bond motifs is 1. The summed E-state index contributed by atoms with van der Waals surface area (Å²) in [7, 11) is 0. The van der Waals surface area contributed by atoms with E-state index < -0.39 is 36.9 Å². The number of nitrogens with zero attached hydrogens (tertiary/aromatic N) is 1. The second-order valence-electron chi connectivity index (χ2n) is 7.45. The number of esters is 1. The number of para-hydroxylation sites is 1. The van der Waals surface area contributed by atoms with Crippen LogP contribution in [0.3, 0.4) is 0 Å². The van der Waals surface area contributed by atoms with Crippen molar-refractivity contribution < 1.29 is 23.9 Å². The molecule has 2 fully saturated rings. The fourth-order valence-corrected chi connectivity index (χ4v) is 5.06. The van der Waals surface area contributed by atoms with Crippen LogP contribution in [0.25, 0.3) is 0 Å². The number of rotatable bonds is 5. The maximum absolute atomic E-state index is 12.6. The lowest BCUT2D eigenvalue weighted by atomic mass is 9.81. The van der Waals surface area contributed by atoms with Gasteiger partial charge in [-0.3, -0.25) is 24.1 Å². The van der Waals surface area contributed by atoms with Gasteiger partial charge in [0.1, 0.15) is 6.54 Å². The van der Waals surface area contributed by atoms with Gasteiger partial charge in [-0.15, -0.1) is 0 Å². The molecule has 0 spiro atoms. The van der Waals surface area contributed by atoms with Crippen LogP contribution in [0.2, 0.25) is 0 Å². The molecule has 1 saturated carbocycles. The third-order valence-electron chi connectivity index (χ3n) is 5.40. The van der Waals surface area contributed by atoms with Gasteiger partial charge in [-0.2, -0.15) is 0 Å². The highest BCUT2D eigenvalue weighted by Gasteiger charge is 2.52. The molecule has 0 radical (unpaired) electrons. The van der Waals surface area contributed by atoms with Gasteiger partial charge in [0.2, 0.25) is 11.8 Å².